The van der Waals surface area contributed by atoms with Crippen LogP contribution >= 0.6 is 0 Å². The first-order chi connectivity index (χ1) is 13.3. The molecule has 0 aliphatic carbocycles. The fourth-order valence-electron chi connectivity index (χ4n) is 3.32. The van der Waals surface area contributed by atoms with Gasteiger partial charge < -0.3 is 4.90 Å². The van der Waals surface area contributed by atoms with Gasteiger partial charge in [0.1, 0.15) is 0 Å². The molecule has 1 nitrogen and oxygen atoms in total. The lowest BCUT2D eigenvalue weighted by Crippen LogP contribution is -2.23. The lowest BCUT2D eigenvalue weighted by Gasteiger charge is -2.29. The number of nitrogens with zero attached hydrogens (tertiary/aromatic N) is 1. The molecular formula is C27H31N. The maximum Gasteiger partial charge on any atom is 0.0433 e. The molecule has 0 spiro atoms. The van der Waals surface area contributed by atoms with E-state index < -0.39 is 0 Å². The van der Waals surface area contributed by atoms with Crippen LogP contribution in [0, 0.1) is 0 Å². The van der Waals surface area contributed by atoms with Gasteiger partial charge in [-0.2, -0.15) is 0 Å². The lowest BCUT2D eigenvalue weighted by atomic mass is 9.85. The maximum atomic E-state index is 4.20. The van der Waals surface area contributed by atoms with Crippen LogP contribution in [0.5, 0.6) is 0 Å². The number of rotatable bonds is 6. The zero-order chi connectivity index (χ0) is 20.1. The van der Waals surface area contributed by atoms with Crippen LogP contribution in [0.4, 0.5) is 5.69 Å². The number of anilines is 1. The second kappa shape index (κ2) is 8.48. The van der Waals surface area contributed by atoms with Crippen molar-refractivity contribution in [1.82, 2.24) is 0 Å². The van der Waals surface area contributed by atoms with Crippen LogP contribution in [-0.4, -0.2) is 0 Å². The standard InChI is InChI=1S/C27H31N/c1-21(2)24-16-25(27(3,4)5)18-26(17-24)28(19-22-12-8-6-9-13-22)20-23-14-10-7-11-15-23/h6-18H,1,19-20H2,2-5H3. The lowest BCUT2D eigenvalue weighted by molar-refractivity contribution is 0.589. The van der Waals surface area contributed by atoms with Crippen molar-refractivity contribution in [3.05, 3.63) is 108 Å². The molecule has 0 unspecified atom stereocenters. The van der Waals surface area contributed by atoms with Crippen molar-refractivity contribution in [2.45, 2.75) is 46.2 Å². The first-order valence-corrected chi connectivity index (χ1v) is 9.97. The molecule has 0 fully saturated rings. The molecule has 28 heavy (non-hydrogen) atoms. The number of hydrogen-bond donors (Lipinski definition) is 0. The van der Waals surface area contributed by atoms with Crippen LogP contribution in [0.2, 0.25) is 0 Å². The Morgan fingerprint density at radius 3 is 1.71 bits per heavy atom. The topological polar surface area (TPSA) is 3.24 Å². The van der Waals surface area contributed by atoms with E-state index in [1.165, 1.54) is 27.9 Å². The Balaban J connectivity index is 2.05. The second-order valence-electron chi connectivity index (χ2n) is 8.63. The minimum atomic E-state index is 0.0887. The highest BCUT2D eigenvalue weighted by molar-refractivity contribution is 5.68. The van der Waals surface area contributed by atoms with Gasteiger partial charge in [0.15, 0.2) is 0 Å². The van der Waals surface area contributed by atoms with E-state index in [0.29, 0.717) is 0 Å². The molecule has 3 aromatic rings. The molecule has 0 heterocycles. The van der Waals surface area contributed by atoms with Crippen LogP contribution in [0.1, 0.15) is 49.9 Å². The first-order valence-electron chi connectivity index (χ1n) is 9.97. The second-order valence-corrected chi connectivity index (χ2v) is 8.63. The van der Waals surface area contributed by atoms with Gasteiger partial charge in [0.2, 0.25) is 0 Å². The summed E-state index contributed by atoms with van der Waals surface area (Å²) in [5, 5.41) is 0. The summed E-state index contributed by atoms with van der Waals surface area (Å²) in [5.41, 5.74) is 7.63. The molecule has 0 aromatic heterocycles. The van der Waals surface area contributed by atoms with Crippen molar-refractivity contribution in [3.8, 4) is 0 Å². The third-order valence-electron chi connectivity index (χ3n) is 5.07. The molecule has 0 N–H and O–H groups in total. The number of benzene rings is 3. The molecular weight excluding hydrogens is 338 g/mol. The molecule has 1 heteroatoms. The Morgan fingerprint density at radius 1 is 0.786 bits per heavy atom. The monoisotopic (exact) mass is 369 g/mol. The van der Waals surface area contributed by atoms with Gasteiger partial charge >= 0.3 is 0 Å². The van der Waals surface area contributed by atoms with Gasteiger partial charge in [-0.15, -0.1) is 0 Å². The largest absolute Gasteiger partial charge is 0.363 e. The number of allylic oxidation sites excluding steroid dienone is 1. The zero-order valence-electron chi connectivity index (χ0n) is 17.6. The summed E-state index contributed by atoms with van der Waals surface area (Å²) in [4.78, 5) is 2.46. The van der Waals surface area contributed by atoms with Gasteiger partial charge in [-0.25, -0.2) is 0 Å². The average Bonchev–Trinajstić information content (AvgIpc) is 2.68. The SMILES string of the molecule is C=C(C)c1cc(N(Cc2ccccc2)Cc2ccccc2)cc(C(C)(C)C)c1. The highest BCUT2D eigenvalue weighted by Gasteiger charge is 2.18. The van der Waals surface area contributed by atoms with E-state index >= 15 is 0 Å². The van der Waals surface area contributed by atoms with E-state index in [1.807, 2.05) is 0 Å². The van der Waals surface area contributed by atoms with E-state index in [1.54, 1.807) is 0 Å². The maximum absolute atomic E-state index is 4.20. The van der Waals surface area contributed by atoms with Crippen LogP contribution in [0.15, 0.2) is 85.4 Å². The van der Waals surface area contributed by atoms with E-state index in [9.17, 15) is 0 Å². The van der Waals surface area contributed by atoms with Crippen molar-refractivity contribution in [2.24, 2.45) is 0 Å². The highest BCUT2D eigenvalue weighted by atomic mass is 15.1. The van der Waals surface area contributed by atoms with Crippen molar-refractivity contribution in [2.75, 3.05) is 4.90 Å². The van der Waals surface area contributed by atoms with Gasteiger partial charge in [-0.3, -0.25) is 0 Å². The molecule has 0 atom stereocenters. The van der Waals surface area contributed by atoms with Crippen molar-refractivity contribution < 1.29 is 0 Å². The fourth-order valence-corrected chi connectivity index (χ4v) is 3.32. The Morgan fingerprint density at radius 2 is 1.29 bits per heavy atom. The highest BCUT2D eigenvalue weighted by Crippen LogP contribution is 2.32. The first kappa shape index (κ1) is 19.9. The normalized spacial score (nSPS) is 11.3. The predicted octanol–water partition coefficient (Wildman–Crippen LogP) is 7.22. The third kappa shape index (κ3) is 5.13. The molecule has 0 aliphatic rings. The van der Waals surface area contributed by atoms with Crippen molar-refractivity contribution in [1.29, 1.82) is 0 Å². The molecule has 0 saturated carbocycles. The van der Waals surface area contributed by atoms with Crippen LogP contribution < -0.4 is 4.90 Å². The summed E-state index contributed by atoms with van der Waals surface area (Å²) in [6, 6.07) is 28.3. The molecule has 144 valence electrons. The van der Waals surface area contributed by atoms with Crippen molar-refractivity contribution in [3.63, 3.8) is 0 Å². The minimum absolute atomic E-state index is 0.0887. The Kier molecular flexibility index (Phi) is 6.04. The Hall–Kier alpha value is -2.80. The minimum Gasteiger partial charge on any atom is -0.363 e. The van der Waals surface area contributed by atoms with Gasteiger partial charge in [0, 0.05) is 18.8 Å². The number of hydrogen-bond acceptors (Lipinski definition) is 1. The molecule has 0 radical (unpaired) electrons. The van der Waals surface area contributed by atoms with Crippen LogP contribution in [0.3, 0.4) is 0 Å². The summed E-state index contributed by atoms with van der Waals surface area (Å²) in [6.45, 7) is 14.8. The summed E-state index contributed by atoms with van der Waals surface area (Å²) in [5.74, 6) is 0. The van der Waals surface area contributed by atoms with Crippen molar-refractivity contribution >= 4 is 11.3 Å². The summed E-state index contributed by atoms with van der Waals surface area (Å²) >= 11 is 0. The van der Waals surface area contributed by atoms with E-state index in [-0.39, 0.29) is 5.41 Å². The van der Waals surface area contributed by atoms with Crippen LogP contribution in [0.25, 0.3) is 5.57 Å². The van der Waals surface area contributed by atoms with Crippen LogP contribution in [-0.2, 0) is 18.5 Å². The molecule has 3 aromatic carbocycles. The van der Waals surface area contributed by atoms with E-state index in [2.05, 4.69) is 118 Å². The van der Waals surface area contributed by atoms with Gasteiger partial charge in [0.25, 0.3) is 0 Å². The fraction of sp³-hybridized carbons (Fsp3) is 0.259. The molecule has 3 rings (SSSR count). The zero-order valence-corrected chi connectivity index (χ0v) is 17.6. The summed E-state index contributed by atoms with van der Waals surface area (Å²) in [6.07, 6.45) is 0. The molecule has 0 aliphatic heterocycles. The van der Waals surface area contributed by atoms with E-state index in [4.69, 9.17) is 0 Å². The van der Waals surface area contributed by atoms with Gasteiger partial charge in [-0.05, 0) is 46.7 Å². The molecule has 0 amide bonds. The van der Waals surface area contributed by atoms with Gasteiger partial charge in [0.05, 0.1) is 0 Å². The molecule has 0 saturated heterocycles. The summed E-state index contributed by atoms with van der Waals surface area (Å²) < 4.78 is 0. The quantitative estimate of drug-likeness (QED) is 0.443. The molecule has 0 bridgehead atoms. The predicted molar refractivity (Wildman–Crippen MR) is 123 cm³/mol. The average molecular weight is 370 g/mol. The Labute approximate surface area is 170 Å². The summed E-state index contributed by atoms with van der Waals surface area (Å²) in [7, 11) is 0. The van der Waals surface area contributed by atoms with E-state index in [0.717, 1.165) is 18.7 Å². The van der Waals surface area contributed by atoms with Gasteiger partial charge in [-0.1, -0.05) is 99.7 Å². The third-order valence-corrected chi connectivity index (χ3v) is 5.07. The smallest absolute Gasteiger partial charge is 0.0433 e. The Bertz CT molecular complexity index is 876.